The summed E-state index contributed by atoms with van der Waals surface area (Å²) in [6.07, 6.45) is 0. The van der Waals surface area contributed by atoms with Gasteiger partial charge >= 0.3 is 0 Å². The molecule has 0 aliphatic rings. The van der Waals surface area contributed by atoms with Gasteiger partial charge in [-0.3, -0.25) is 0 Å². The molecule has 3 nitrogen and oxygen atoms in total. The minimum atomic E-state index is -0.325. The largest absolute Gasteiger partial charge is 0.394 e. The molecule has 1 aromatic rings. The molecule has 3 N–H and O–H groups in total. The Kier molecular flexibility index (Phi) is 3.20. The number of nitrogens with zero attached hydrogens (tertiary/aromatic N) is 1. The van der Waals surface area contributed by atoms with Crippen LogP contribution in [0.1, 0.15) is 36.5 Å². The molecule has 1 aromatic heterocycles. The maximum absolute atomic E-state index is 8.78. The van der Waals surface area contributed by atoms with Gasteiger partial charge in [0.25, 0.3) is 0 Å². The van der Waals surface area contributed by atoms with Crippen molar-refractivity contribution in [2.45, 2.75) is 25.8 Å². The van der Waals surface area contributed by atoms with Crippen LogP contribution in [0.5, 0.6) is 0 Å². The molecule has 0 spiro atoms. The maximum Gasteiger partial charge on any atom is 0.0954 e. The minimum Gasteiger partial charge on any atom is -0.394 e. The molecule has 0 aromatic carbocycles. The van der Waals surface area contributed by atoms with Gasteiger partial charge in [0.15, 0.2) is 0 Å². The highest BCUT2D eigenvalue weighted by Crippen LogP contribution is 2.21. The van der Waals surface area contributed by atoms with E-state index >= 15 is 0 Å². The van der Waals surface area contributed by atoms with E-state index in [-0.39, 0.29) is 12.6 Å². The van der Waals surface area contributed by atoms with E-state index in [0.29, 0.717) is 5.92 Å². The minimum absolute atomic E-state index is 0.0404. The summed E-state index contributed by atoms with van der Waals surface area (Å²) in [6.45, 7) is 4.14. The molecular weight excluding hydrogens is 172 g/mol. The van der Waals surface area contributed by atoms with Gasteiger partial charge in [0.05, 0.1) is 23.4 Å². The molecule has 68 valence electrons. The molecule has 0 amide bonds. The van der Waals surface area contributed by atoms with Crippen molar-refractivity contribution in [3.05, 3.63) is 16.1 Å². The van der Waals surface area contributed by atoms with E-state index < -0.39 is 0 Å². The molecule has 12 heavy (non-hydrogen) atoms. The lowest BCUT2D eigenvalue weighted by Gasteiger charge is -2.02. The zero-order valence-corrected chi connectivity index (χ0v) is 8.14. The van der Waals surface area contributed by atoms with Gasteiger partial charge in [-0.05, 0) is 0 Å². The van der Waals surface area contributed by atoms with Crippen molar-refractivity contribution in [2.24, 2.45) is 5.73 Å². The average molecular weight is 186 g/mol. The first-order chi connectivity index (χ1) is 5.65. The van der Waals surface area contributed by atoms with Crippen LogP contribution in [0.4, 0.5) is 0 Å². The fourth-order valence-corrected chi connectivity index (χ4v) is 1.73. The molecule has 0 radical (unpaired) electrons. The third-order valence-electron chi connectivity index (χ3n) is 1.61. The number of rotatable bonds is 3. The van der Waals surface area contributed by atoms with Crippen molar-refractivity contribution in [3.8, 4) is 0 Å². The van der Waals surface area contributed by atoms with Crippen LogP contribution in [0.25, 0.3) is 0 Å². The molecule has 1 atom stereocenters. The Morgan fingerprint density at radius 3 is 2.75 bits per heavy atom. The Balaban J connectivity index is 2.77. The third kappa shape index (κ3) is 2.03. The van der Waals surface area contributed by atoms with Gasteiger partial charge < -0.3 is 10.8 Å². The second-order valence-corrected chi connectivity index (χ2v) is 3.94. The summed E-state index contributed by atoms with van der Waals surface area (Å²) in [5.74, 6) is 0.439. The molecule has 4 heteroatoms. The van der Waals surface area contributed by atoms with E-state index in [0.717, 1.165) is 10.7 Å². The van der Waals surface area contributed by atoms with Gasteiger partial charge in [-0.1, -0.05) is 13.8 Å². The van der Waals surface area contributed by atoms with Crippen LogP contribution in [-0.4, -0.2) is 16.7 Å². The number of hydrogen-bond acceptors (Lipinski definition) is 4. The summed E-state index contributed by atoms with van der Waals surface area (Å²) in [6, 6.07) is -0.325. The van der Waals surface area contributed by atoms with Crippen LogP contribution in [0.3, 0.4) is 0 Å². The predicted octanol–water partition coefficient (Wildman–Crippen LogP) is 1.26. The van der Waals surface area contributed by atoms with Gasteiger partial charge in [-0.2, -0.15) is 0 Å². The first-order valence-corrected chi connectivity index (χ1v) is 4.85. The van der Waals surface area contributed by atoms with E-state index in [1.807, 2.05) is 5.38 Å². The number of aromatic nitrogens is 1. The lowest BCUT2D eigenvalue weighted by atomic mass is 10.2. The maximum atomic E-state index is 8.78. The molecule has 0 bridgehead atoms. The zero-order chi connectivity index (χ0) is 9.14. The highest BCUT2D eigenvalue weighted by atomic mass is 32.1. The van der Waals surface area contributed by atoms with Crippen molar-refractivity contribution in [1.29, 1.82) is 0 Å². The van der Waals surface area contributed by atoms with Crippen LogP contribution >= 0.6 is 11.3 Å². The fraction of sp³-hybridized carbons (Fsp3) is 0.625. The summed E-state index contributed by atoms with van der Waals surface area (Å²) < 4.78 is 0. The quantitative estimate of drug-likeness (QED) is 0.747. The average Bonchev–Trinajstić information content (AvgIpc) is 2.51. The summed E-state index contributed by atoms with van der Waals surface area (Å²) >= 11 is 1.60. The molecule has 1 unspecified atom stereocenters. The van der Waals surface area contributed by atoms with Crippen LogP contribution in [0.2, 0.25) is 0 Å². The first kappa shape index (κ1) is 9.64. The van der Waals surface area contributed by atoms with Crippen molar-refractivity contribution >= 4 is 11.3 Å². The van der Waals surface area contributed by atoms with Crippen LogP contribution in [0, 0.1) is 0 Å². The monoisotopic (exact) mass is 186 g/mol. The Labute approximate surface area is 76.3 Å². The fourth-order valence-electron chi connectivity index (χ4n) is 0.830. The molecule has 0 aliphatic heterocycles. The van der Waals surface area contributed by atoms with Crippen molar-refractivity contribution in [2.75, 3.05) is 6.61 Å². The Morgan fingerprint density at radius 1 is 1.67 bits per heavy atom. The summed E-state index contributed by atoms with van der Waals surface area (Å²) in [7, 11) is 0. The second-order valence-electron chi connectivity index (χ2n) is 3.05. The normalized spacial score (nSPS) is 13.8. The number of nitrogens with two attached hydrogens (primary N) is 1. The van der Waals surface area contributed by atoms with Gasteiger partial charge in [-0.15, -0.1) is 11.3 Å². The van der Waals surface area contributed by atoms with E-state index in [1.165, 1.54) is 0 Å². The SMILES string of the molecule is CC(C)c1nc(C(N)CO)cs1. The molecule has 0 fully saturated rings. The predicted molar refractivity (Wildman–Crippen MR) is 50.2 cm³/mol. The number of thiazole rings is 1. The number of aliphatic hydroxyl groups excluding tert-OH is 1. The van der Waals surface area contributed by atoms with E-state index in [1.54, 1.807) is 11.3 Å². The summed E-state index contributed by atoms with van der Waals surface area (Å²) in [4.78, 5) is 4.31. The van der Waals surface area contributed by atoms with Gasteiger partial charge in [0, 0.05) is 11.3 Å². The lowest BCUT2D eigenvalue weighted by Crippen LogP contribution is -2.14. The van der Waals surface area contributed by atoms with Crippen molar-refractivity contribution in [3.63, 3.8) is 0 Å². The molecule has 1 rings (SSSR count). The highest BCUT2D eigenvalue weighted by Gasteiger charge is 2.10. The standard InChI is InChI=1S/C8H14N2OS/c1-5(2)8-10-7(4-12-8)6(9)3-11/h4-6,11H,3,9H2,1-2H3. The van der Waals surface area contributed by atoms with E-state index in [9.17, 15) is 0 Å². The van der Waals surface area contributed by atoms with E-state index in [2.05, 4.69) is 18.8 Å². The number of hydrogen-bond donors (Lipinski definition) is 2. The molecule has 0 saturated carbocycles. The molecular formula is C8H14N2OS. The van der Waals surface area contributed by atoms with Crippen LogP contribution < -0.4 is 5.73 Å². The van der Waals surface area contributed by atoms with Crippen molar-refractivity contribution in [1.82, 2.24) is 4.98 Å². The topological polar surface area (TPSA) is 59.1 Å². The highest BCUT2D eigenvalue weighted by molar-refractivity contribution is 7.09. The van der Waals surface area contributed by atoms with Gasteiger partial charge in [0.2, 0.25) is 0 Å². The van der Waals surface area contributed by atoms with Gasteiger partial charge in [0.1, 0.15) is 0 Å². The molecule has 0 saturated heterocycles. The van der Waals surface area contributed by atoms with Crippen molar-refractivity contribution < 1.29 is 5.11 Å². The molecule has 0 aliphatic carbocycles. The first-order valence-electron chi connectivity index (χ1n) is 3.97. The smallest absolute Gasteiger partial charge is 0.0954 e. The summed E-state index contributed by atoms with van der Waals surface area (Å²) in [5.41, 5.74) is 6.40. The third-order valence-corrected chi connectivity index (χ3v) is 2.77. The van der Waals surface area contributed by atoms with Crippen LogP contribution in [-0.2, 0) is 0 Å². The number of aliphatic hydroxyl groups is 1. The Hall–Kier alpha value is -0.450. The Morgan fingerprint density at radius 2 is 2.33 bits per heavy atom. The lowest BCUT2D eigenvalue weighted by molar-refractivity contribution is 0.266. The van der Waals surface area contributed by atoms with E-state index in [4.69, 9.17) is 10.8 Å². The Bertz CT molecular complexity index is 247. The second kappa shape index (κ2) is 3.98. The van der Waals surface area contributed by atoms with Crippen LogP contribution in [0.15, 0.2) is 5.38 Å². The van der Waals surface area contributed by atoms with Gasteiger partial charge in [-0.25, -0.2) is 4.98 Å². The zero-order valence-electron chi connectivity index (χ0n) is 7.32. The summed E-state index contributed by atoms with van der Waals surface area (Å²) in [5, 5.41) is 11.8. The molecule has 1 heterocycles.